The number of carbonyl (C=O) groups is 9. The predicted octanol–water partition coefficient (Wildman–Crippen LogP) is -0.763. The number of methoxy groups -OCH3 is 1. The molecule has 2 aliphatic rings. The number of hydrogen-bond donors (Lipinski definition) is 3. The average Bonchev–Trinajstić information content (AvgIpc) is 3.17. The molecule has 2 heterocycles. The van der Waals surface area contributed by atoms with E-state index in [1.807, 2.05) is 0 Å². The molecule has 11 atom stereocenters. The molecule has 3 amide bonds. The van der Waals surface area contributed by atoms with E-state index in [0.717, 1.165) is 55.6 Å². The zero-order valence-electron chi connectivity index (χ0n) is 34.7. The number of alkyl carbamates (subject to hydrolysis) is 1. The molecule has 0 aliphatic carbocycles. The Kier molecular flexibility index (Phi) is 19.3. The molecule has 0 saturated carbocycles. The van der Waals surface area contributed by atoms with Crippen molar-refractivity contribution in [1.82, 2.24) is 16.0 Å². The largest absolute Gasteiger partial charge is 0.467 e. The lowest BCUT2D eigenvalue weighted by atomic mass is 9.94. The maximum atomic E-state index is 12.8. The molecule has 2 aliphatic heterocycles. The minimum Gasteiger partial charge on any atom is -0.467 e. The first-order chi connectivity index (χ1) is 28.8. The number of benzene rings is 1. The normalized spacial score (nSPS) is 26.2. The Hall–Kier alpha value is -5.91. The Labute approximate surface area is 349 Å². The second-order valence-electron chi connectivity index (χ2n) is 13.6. The predicted molar refractivity (Wildman–Crippen MR) is 199 cm³/mol. The molecule has 2 saturated heterocycles. The Bertz CT molecular complexity index is 1730. The fourth-order valence-corrected chi connectivity index (χ4v) is 6.23. The van der Waals surface area contributed by atoms with Gasteiger partial charge in [-0.1, -0.05) is 30.3 Å². The van der Waals surface area contributed by atoms with E-state index in [0.29, 0.717) is 5.56 Å². The fourth-order valence-electron chi connectivity index (χ4n) is 6.23. The summed E-state index contributed by atoms with van der Waals surface area (Å²) in [6, 6.07) is 4.09. The van der Waals surface area contributed by atoms with Crippen molar-refractivity contribution >= 4 is 53.7 Å². The van der Waals surface area contributed by atoms with Crippen molar-refractivity contribution in [2.45, 2.75) is 122 Å². The van der Waals surface area contributed by atoms with Crippen LogP contribution in [0.3, 0.4) is 0 Å². The van der Waals surface area contributed by atoms with Gasteiger partial charge in [0.05, 0.1) is 13.7 Å². The number of ether oxygens (including phenoxy) is 11. The van der Waals surface area contributed by atoms with Gasteiger partial charge < -0.3 is 68.1 Å². The van der Waals surface area contributed by atoms with Gasteiger partial charge in [-0.15, -0.1) is 0 Å². The van der Waals surface area contributed by atoms with Crippen LogP contribution in [-0.4, -0.2) is 148 Å². The van der Waals surface area contributed by atoms with Crippen LogP contribution in [0, 0.1) is 0 Å². The zero-order valence-corrected chi connectivity index (χ0v) is 34.7. The van der Waals surface area contributed by atoms with Crippen LogP contribution in [0.25, 0.3) is 0 Å². The lowest BCUT2D eigenvalue weighted by molar-refractivity contribution is -0.334. The number of carbonyl (C=O) groups excluding carboxylic acids is 9. The SMILES string of the molecule is COC(=O)C(CO[C@@H]1O[C@H](COC(C)=O)[C@@H](OC2OC(COC(C)=O)C(OC(C)=O)C(OC(C)=O)C2NC(C)=O)[C@H](OC(C)=O)[C@H]1NC(C)=O)NC(=O)OCc1ccccc1. The molecule has 1 aromatic carbocycles. The molecule has 3 rings (SSSR count). The van der Waals surface area contributed by atoms with E-state index < -0.39 is 141 Å². The second-order valence-corrected chi connectivity index (χ2v) is 13.6. The minimum atomic E-state index is -1.77. The summed E-state index contributed by atoms with van der Waals surface area (Å²) in [5.41, 5.74) is 0.650. The number of esters is 6. The van der Waals surface area contributed by atoms with Crippen molar-refractivity contribution in [3.63, 3.8) is 0 Å². The third-order valence-electron chi connectivity index (χ3n) is 8.55. The Morgan fingerprint density at radius 2 is 1.08 bits per heavy atom. The van der Waals surface area contributed by atoms with Gasteiger partial charge in [0, 0.05) is 48.5 Å². The number of rotatable bonds is 18. The summed E-state index contributed by atoms with van der Waals surface area (Å²) >= 11 is 0. The van der Waals surface area contributed by atoms with E-state index in [9.17, 15) is 43.2 Å². The molecule has 3 N–H and O–H groups in total. The smallest absolute Gasteiger partial charge is 0.408 e. The molecule has 6 unspecified atom stereocenters. The number of amides is 3. The first-order valence-corrected chi connectivity index (χ1v) is 18.7. The first kappa shape index (κ1) is 49.5. The van der Waals surface area contributed by atoms with Crippen molar-refractivity contribution < 1.29 is 95.3 Å². The molecule has 0 spiro atoms. The van der Waals surface area contributed by atoms with Gasteiger partial charge in [-0.25, -0.2) is 9.59 Å². The topological polar surface area (TPSA) is 291 Å². The maximum Gasteiger partial charge on any atom is 0.408 e. The third-order valence-corrected chi connectivity index (χ3v) is 8.55. The van der Waals surface area contributed by atoms with Crippen LogP contribution >= 0.6 is 0 Å². The summed E-state index contributed by atoms with van der Waals surface area (Å²) in [6.07, 6.45) is -13.8. The first-order valence-electron chi connectivity index (χ1n) is 18.7. The van der Waals surface area contributed by atoms with Crippen molar-refractivity contribution in [3.8, 4) is 0 Å². The summed E-state index contributed by atoms with van der Waals surface area (Å²) in [5.74, 6) is -6.68. The monoisotopic (exact) mass is 869 g/mol. The van der Waals surface area contributed by atoms with Crippen LogP contribution in [-0.2, 0) is 97.1 Å². The Morgan fingerprint density at radius 1 is 0.607 bits per heavy atom. The standard InChI is InChI=1S/C38H51N3O20/c1-18(42)39-29-33(57-23(6)47)32(61-37-30(40-19(2)43)34(58-24(7)48)31(56-22(5)46)27(60-37)16-52-20(3)44)28(17-53-21(4)45)59-36(29)54-15-26(35(49)51-8)41-38(50)55-14-25-12-10-9-11-13-25/h9-13,26-34,36-37H,14-17H2,1-8H3,(H,39,42)(H,40,43)(H,41,50)/t26?,27?,28-,29-,30?,31?,32-,33-,34?,36-,37?/m1/s1. The highest BCUT2D eigenvalue weighted by Gasteiger charge is 2.56. The molecule has 23 nitrogen and oxygen atoms in total. The van der Waals surface area contributed by atoms with Crippen LogP contribution in [0.4, 0.5) is 4.79 Å². The Balaban J connectivity index is 2.07. The zero-order chi connectivity index (χ0) is 45.4. The molecule has 1 aromatic rings. The average molecular weight is 870 g/mol. The van der Waals surface area contributed by atoms with Crippen LogP contribution in [0.15, 0.2) is 30.3 Å². The molecule has 23 heteroatoms. The number of hydrogen-bond acceptors (Lipinski definition) is 20. The van der Waals surface area contributed by atoms with Crippen molar-refractivity contribution in [2.75, 3.05) is 26.9 Å². The molecule has 2 fully saturated rings. The van der Waals surface area contributed by atoms with Gasteiger partial charge in [0.15, 0.2) is 36.9 Å². The molecule has 0 radical (unpaired) electrons. The summed E-state index contributed by atoms with van der Waals surface area (Å²) in [5, 5.41) is 7.43. The van der Waals surface area contributed by atoms with Gasteiger partial charge in [0.2, 0.25) is 11.8 Å². The van der Waals surface area contributed by atoms with E-state index in [-0.39, 0.29) is 6.61 Å². The lowest BCUT2D eigenvalue weighted by Gasteiger charge is -2.49. The highest BCUT2D eigenvalue weighted by Crippen LogP contribution is 2.34. The van der Waals surface area contributed by atoms with E-state index in [1.165, 1.54) is 0 Å². The van der Waals surface area contributed by atoms with Gasteiger partial charge in [0.1, 0.15) is 50.2 Å². The summed E-state index contributed by atoms with van der Waals surface area (Å²) in [4.78, 5) is 112. The third kappa shape index (κ3) is 15.9. The van der Waals surface area contributed by atoms with Crippen LogP contribution < -0.4 is 16.0 Å². The molecular formula is C38H51N3O20. The number of nitrogens with one attached hydrogen (secondary N) is 3. The highest BCUT2D eigenvalue weighted by atomic mass is 16.7. The summed E-state index contributed by atoms with van der Waals surface area (Å²) in [6.45, 7) is 5.42. The molecule has 0 aromatic heterocycles. The molecule has 0 bridgehead atoms. The maximum absolute atomic E-state index is 12.8. The van der Waals surface area contributed by atoms with E-state index in [2.05, 4.69) is 16.0 Å². The fraction of sp³-hybridized carbons (Fsp3) is 0.605. The van der Waals surface area contributed by atoms with Crippen molar-refractivity contribution in [2.24, 2.45) is 0 Å². The highest BCUT2D eigenvalue weighted by molar-refractivity contribution is 5.81. The van der Waals surface area contributed by atoms with E-state index >= 15 is 0 Å². The van der Waals surface area contributed by atoms with Crippen molar-refractivity contribution in [1.29, 1.82) is 0 Å². The van der Waals surface area contributed by atoms with Gasteiger partial charge in [-0.05, 0) is 5.56 Å². The van der Waals surface area contributed by atoms with Gasteiger partial charge in [-0.2, -0.15) is 0 Å². The Morgan fingerprint density at radius 3 is 1.57 bits per heavy atom. The van der Waals surface area contributed by atoms with Crippen LogP contribution in [0.2, 0.25) is 0 Å². The molecule has 61 heavy (non-hydrogen) atoms. The molecular weight excluding hydrogens is 818 g/mol. The summed E-state index contributed by atoms with van der Waals surface area (Å²) < 4.78 is 61.8. The molecule has 338 valence electrons. The van der Waals surface area contributed by atoms with Gasteiger partial charge in [0.25, 0.3) is 0 Å². The van der Waals surface area contributed by atoms with Crippen molar-refractivity contribution in [3.05, 3.63) is 35.9 Å². The van der Waals surface area contributed by atoms with Gasteiger partial charge >= 0.3 is 41.9 Å². The lowest BCUT2D eigenvalue weighted by Crippen LogP contribution is -2.70. The van der Waals surface area contributed by atoms with E-state index in [4.69, 9.17) is 52.1 Å². The van der Waals surface area contributed by atoms with Crippen LogP contribution in [0.1, 0.15) is 54.0 Å². The van der Waals surface area contributed by atoms with E-state index in [1.54, 1.807) is 30.3 Å². The quantitative estimate of drug-likeness (QED) is 0.121. The minimum absolute atomic E-state index is 0.148. The van der Waals surface area contributed by atoms with Gasteiger partial charge in [-0.3, -0.25) is 33.6 Å². The summed E-state index contributed by atoms with van der Waals surface area (Å²) in [7, 11) is 1.05. The van der Waals surface area contributed by atoms with Crippen LogP contribution in [0.5, 0.6) is 0 Å². The second kappa shape index (κ2) is 23.8.